The topological polar surface area (TPSA) is 37.8 Å². The predicted octanol–water partition coefficient (Wildman–Crippen LogP) is 2.69. The molecule has 0 saturated heterocycles. The molecule has 0 bridgehead atoms. The Morgan fingerprint density at radius 1 is 1.36 bits per heavy atom. The molecule has 2 rings (SSSR count). The van der Waals surface area contributed by atoms with Crippen LogP contribution in [0.15, 0.2) is 0 Å². The summed E-state index contributed by atoms with van der Waals surface area (Å²) in [5.74, 6) is 1.53. The highest BCUT2D eigenvalue weighted by molar-refractivity contribution is 7.15. The van der Waals surface area contributed by atoms with E-state index in [2.05, 4.69) is 29.4 Å². The van der Waals surface area contributed by atoms with Gasteiger partial charge in [0, 0.05) is 6.04 Å². The zero-order valence-electron chi connectivity index (χ0n) is 8.95. The Morgan fingerprint density at radius 2 is 2.07 bits per heavy atom. The first-order valence-corrected chi connectivity index (χ1v) is 6.05. The van der Waals surface area contributed by atoms with Gasteiger partial charge in [-0.25, -0.2) is 0 Å². The summed E-state index contributed by atoms with van der Waals surface area (Å²) in [6.45, 7) is 6.53. The molecule has 14 heavy (non-hydrogen) atoms. The Kier molecular flexibility index (Phi) is 2.72. The molecule has 1 aliphatic carbocycles. The van der Waals surface area contributed by atoms with Crippen LogP contribution in [0.2, 0.25) is 0 Å². The van der Waals surface area contributed by atoms with Gasteiger partial charge in [0.25, 0.3) is 0 Å². The lowest BCUT2D eigenvalue weighted by molar-refractivity contribution is 0.476. The van der Waals surface area contributed by atoms with Crippen LogP contribution in [-0.4, -0.2) is 16.2 Å². The molecular formula is C10H17N3S. The highest BCUT2D eigenvalue weighted by Crippen LogP contribution is 2.37. The normalized spacial score (nSPS) is 18.6. The van der Waals surface area contributed by atoms with Crippen molar-refractivity contribution >= 4 is 16.5 Å². The Morgan fingerprint density at radius 3 is 2.50 bits per heavy atom. The first-order chi connectivity index (χ1) is 6.66. The summed E-state index contributed by atoms with van der Waals surface area (Å²) >= 11 is 1.65. The summed E-state index contributed by atoms with van der Waals surface area (Å²) in [5, 5.41) is 13.6. The van der Waals surface area contributed by atoms with Crippen molar-refractivity contribution < 1.29 is 0 Å². The zero-order chi connectivity index (χ0) is 10.1. The lowest BCUT2D eigenvalue weighted by Gasteiger charge is -2.20. The summed E-state index contributed by atoms with van der Waals surface area (Å²) in [6.07, 6.45) is 2.74. The Hall–Kier alpha value is -0.640. The molecule has 0 radical (unpaired) electrons. The van der Waals surface area contributed by atoms with E-state index < -0.39 is 0 Å². The number of aromatic nitrogens is 2. The monoisotopic (exact) mass is 211 g/mol. The van der Waals surface area contributed by atoms with E-state index in [1.807, 2.05) is 6.92 Å². The van der Waals surface area contributed by atoms with E-state index in [9.17, 15) is 0 Å². The molecule has 1 aromatic rings. The standard InChI is InChI=1S/C10H17N3S/c1-6(2)9(8-4-5-8)11-10-13-12-7(3)14-10/h6,8-9H,4-5H2,1-3H3,(H,11,13). The maximum Gasteiger partial charge on any atom is 0.205 e. The number of nitrogens with one attached hydrogen (secondary N) is 1. The second kappa shape index (κ2) is 3.85. The summed E-state index contributed by atoms with van der Waals surface area (Å²) in [4.78, 5) is 0. The molecule has 1 heterocycles. The fourth-order valence-electron chi connectivity index (χ4n) is 1.78. The van der Waals surface area contributed by atoms with E-state index in [1.165, 1.54) is 12.8 Å². The van der Waals surface area contributed by atoms with Gasteiger partial charge in [-0.3, -0.25) is 0 Å². The minimum Gasteiger partial charge on any atom is -0.357 e. The second-order valence-corrected chi connectivity index (χ2v) is 5.56. The maximum absolute atomic E-state index is 4.11. The molecule has 1 aliphatic rings. The quantitative estimate of drug-likeness (QED) is 0.832. The Bertz CT molecular complexity index is 302. The van der Waals surface area contributed by atoms with Crippen molar-refractivity contribution in [1.29, 1.82) is 0 Å². The van der Waals surface area contributed by atoms with Crippen molar-refractivity contribution in [3.05, 3.63) is 5.01 Å². The number of nitrogens with zero attached hydrogens (tertiary/aromatic N) is 2. The first kappa shape index (κ1) is 9.90. The van der Waals surface area contributed by atoms with Gasteiger partial charge in [0.1, 0.15) is 5.01 Å². The first-order valence-electron chi connectivity index (χ1n) is 5.23. The third kappa shape index (κ3) is 2.23. The van der Waals surface area contributed by atoms with Gasteiger partial charge < -0.3 is 5.32 Å². The van der Waals surface area contributed by atoms with Gasteiger partial charge in [0.2, 0.25) is 5.13 Å². The summed E-state index contributed by atoms with van der Waals surface area (Å²) in [5.41, 5.74) is 0. The van der Waals surface area contributed by atoms with Crippen molar-refractivity contribution in [3.8, 4) is 0 Å². The molecule has 1 fully saturated rings. The minimum absolute atomic E-state index is 0.586. The van der Waals surface area contributed by atoms with Crippen LogP contribution in [0.3, 0.4) is 0 Å². The molecule has 1 saturated carbocycles. The largest absolute Gasteiger partial charge is 0.357 e. The predicted molar refractivity (Wildman–Crippen MR) is 59.6 cm³/mol. The SMILES string of the molecule is Cc1nnc(NC(C(C)C)C2CC2)s1. The summed E-state index contributed by atoms with van der Waals surface area (Å²) < 4.78 is 0. The smallest absolute Gasteiger partial charge is 0.205 e. The lowest BCUT2D eigenvalue weighted by Crippen LogP contribution is -2.27. The second-order valence-electron chi connectivity index (χ2n) is 4.38. The van der Waals surface area contributed by atoms with Crippen LogP contribution in [0.25, 0.3) is 0 Å². The van der Waals surface area contributed by atoms with Gasteiger partial charge in [0.05, 0.1) is 0 Å². The van der Waals surface area contributed by atoms with Crippen LogP contribution in [0.5, 0.6) is 0 Å². The van der Waals surface area contributed by atoms with Crippen LogP contribution in [0.1, 0.15) is 31.7 Å². The van der Waals surface area contributed by atoms with Crippen LogP contribution < -0.4 is 5.32 Å². The minimum atomic E-state index is 0.586. The Labute approximate surface area is 88.9 Å². The van der Waals surface area contributed by atoms with Crippen molar-refractivity contribution in [3.63, 3.8) is 0 Å². The van der Waals surface area contributed by atoms with Crippen molar-refractivity contribution in [2.75, 3.05) is 5.32 Å². The highest BCUT2D eigenvalue weighted by atomic mass is 32.1. The van der Waals surface area contributed by atoms with Gasteiger partial charge in [-0.15, -0.1) is 10.2 Å². The third-order valence-electron chi connectivity index (χ3n) is 2.66. The van der Waals surface area contributed by atoms with Crippen LogP contribution >= 0.6 is 11.3 Å². The molecule has 0 amide bonds. The van der Waals surface area contributed by atoms with E-state index in [0.717, 1.165) is 16.1 Å². The van der Waals surface area contributed by atoms with Crippen LogP contribution in [0, 0.1) is 18.8 Å². The van der Waals surface area contributed by atoms with Gasteiger partial charge >= 0.3 is 0 Å². The molecule has 0 spiro atoms. The van der Waals surface area contributed by atoms with Crippen molar-refractivity contribution in [2.45, 2.75) is 39.7 Å². The summed E-state index contributed by atoms with van der Waals surface area (Å²) in [7, 11) is 0. The number of aryl methyl sites for hydroxylation is 1. The van der Waals surface area contributed by atoms with E-state index in [1.54, 1.807) is 11.3 Å². The number of anilines is 1. The van der Waals surface area contributed by atoms with Crippen LogP contribution in [-0.2, 0) is 0 Å². The van der Waals surface area contributed by atoms with E-state index in [-0.39, 0.29) is 0 Å². The van der Waals surface area contributed by atoms with Gasteiger partial charge in [-0.05, 0) is 31.6 Å². The van der Waals surface area contributed by atoms with Gasteiger partial charge in [-0.2, -0.15) is 0 Å². The molecule has 78 valence electrons. The van der Waals surface area contributed by atoms with E-state index in [4.69, 9.17) is 0 Å². The molecule has 1 unspecified atom stereocenters. The maximum atomic E-state index is 4.11. The average molecular weight is 211 g/mol. The Balaban J connectivity index is 1.99. The fourth-order valence-corrected chi connectivity index (χ4v) is 2.42. The number of hydrogen-bond acceptors (Lipinski definition) is 4. The molecular weight excluding hydrogens is 194 g/mol. The molecule has 1 N–H and O–H groups in total. The third-order valence-corrected chi connectivity index (χ3v) is 3.43. The van der Waals surface area contributed by atoms with E-state index in [0.29, 0.717) is 12.0 Å². The van der Waals surface area contributed by atoms with Crippen molar-refractivity contribution in [1.82, 2.24) is 10.2 Å². The number of rotatable bonds is 4. The molecule has 4 heteroatoms. The number of hydrogen-bond donors (Lipinski definition) is 1. The van der Waals surface area contributed by atoms with Gasteiger partial charge in [0.15, 0.2) is 0 Å². The molecule has 0 aliphatic heterocycles. The zero-order valence-corrected chi connectivity index (χ0v) is 9.77. The van der Waals surface area contributed by atoms with E-state index >= 15 is 0 Å². The van der Waals surface area contributed by atoms with Crippen molar-refractivity contribution in [2.24, 2.45) is 11.8 Å². The van der Waals surface area contributed by atoms with Gasteiger partial charge in [-0.1, -0.05) is 25.2 Å². The molecule has 3 nitrogen and oxygen atoms in total. The molecule has 1 atom stereocenters. The summed E-state index contributed by atoms with van der Waals surface area (Å²) in [6, 6.07) is 0.586. The molecule has 0 aromatic carbocycles. The average Bonchev–Trinajstić information content (AvgIpc) is 2.86. The highest BCUT2D eigenvalue weighted by Gasteiger charge is 2.33. The van der Waals surface area contributed by atoms with Crippen LogP contribution in [0.4, 0.5) is 5.13 Å². The fraction of sp³-hybridized carbons (Fsp3) is 0.800. The molecule has 1 aromatic heterocycles. The lowest BCUT2D eigenvalue weighted by atomic mass is 10.00.